The van der Waals surface area contributed by atoms with Gasteiger partial charge in [-0.2, -0.15) is 5.10 Å². The summed E-state index contributed by atoms with van der Waals surface area (Å²) in [6.07, 6.45) is 4.72. The highest BCUT2D eigenvalue weighted by atomic mass is 32.1. The second-order valence-corrected chi connectivity index (χ2v) is 5.91. The number of rotatable bonds is 5. The first-order chi connectivity index (χ1) is 9.01. The van der Waals surface area contributed by atoms with Gasteiger partial charge in [-0.05, 0) is 5.92 Å². The summed E-state index contributed by atoms with van der Waals surface area (Å²) in [7, 11) is 3.87. The quantitative estimate of drug-likeness (QED) is 0.788. The normalized spacial score (nSPS) is 11.0. The largest absolute Gasteiger partial charge is 0.347 e. The Morgan fingerprint density at radius 1 is 1.53 bits per heavy atom. The van der Waals surface area contributed by atoms with Crippen molar-refractivity contribution in [1.82, 2.24) is 14.8 Å². The van der Waals surface area contributed by atoms with Crippen LogP contribution in [-0.2, 0) is 13.6 Å². The van der Waals surface area contributed by atoms with Crippen molar-refractivity contribution in [2.45, 2.75) is 26.3 Å². The van der Waals surface area contributed by atoms with E-state index in [-0.39, 0.29) is 5.92 Å². The number of hydrogen-bond donors (Lipinski definition) is 0. The first-order valence-corrected chi connectivity index (χ1v) is 6.97. The van der Waals surface area contributed by atoms with E-state index < -0.39 is 0 Å². The zero-order chi connectivity index (χ0) is 14.0. The number of nitrogens with zero attached hydrogens (tertiary/aromatic N) is 4. The molecular weight excluding hydrogens is 260 g/mol. The molecule has 0 N–H and O–H groups in total. The van der Waals surface area contributed by atoms with Crippen molar-refractivity contribution in [3.8, 4) is 0 Å². The molecule has 102 valence electrons. The fraction of sp³-hybridized carbons (Fsp3) is 0.462. The van der Waals surface area contributed by atoms with E-state index in [9.17, 15) is 4.79 Å². The van der Waals surface area contributed by atoms with Gasteiger partial charge in [0.05, 0.1) is 16.8 Å². The topological polar surface area (TPSA) is 51.0 Å². The molecule has 0 saturated heterocycles. The lowest BCUT2D eigenvalue weighted by Gasteiger charge is -2.14. The van der Waals surface area contributed by atoms with E-state index in [4.69, 9.17) is 0 Å². The molecule has 0 fully saturated rings. The number of aldehydes is 1. The predicted octanol–water partition coefficient (Wildman–Crippen LogP) is 2.45. The van der Waals surface area contributed by atoms with Gasteiger partial charge in [0.1, 0.15) is 0 Å². The van der Waals surface area contributed by atoms with Gasteiger partial charge >= 0.3 is 0 Å². The Bertz CT molecular complexity index is 573. The molecule has 0 amide bonds. The standard InChI is InChI=1S/C13H18N4OS/c1-9(2)12-11(8-18)19-13(15-12)16(3)6-10-5-14-17(4)7-10/h5,7-9H,6H2,1-4H3. The van der Waals surface area contributed by atoms with Crippen molar-refractivity contribution in [3.63, 3.8) is 0 Å². The third-order valence-electron chi connectivity index (χ3n) is 2.83. The van der Waals surface area contributed by atoms with Crippen molar-refractivity contribution in [3.05, 3.63) is 28.5 Å². The maximum Gasteiger partial charge on any atom is 0.186 e. The average Bonchev–Trinajstić information content (AvgIpc) is 2.95. The van der Waals surface area contributed by atoms with Crippen molar-refractivity contribution in [2.75, 3.05) is 11.9 Å². The smallest absolute Gasteiger partial charge is 0.186 e. The summed E-state index contributed by atoms with van der Waals surface area (Å²) < 4.78 is 1.78. The molecule has 0 unspecified atom stereocenters. The van der Waals surface area contributed by atoms with Crippen molar-refractivity contribution in [2.24, 2.45) is 7.05 Å². The highest BCUT2D eigenvalue weighted by Crippen LogP contribution is 2.29. The molecule has 2 heterocycles. The molecule has 0 aromatic carbocycles. The van der Waals surface area contributed by atoms with Crippen LogP contribution in [0.15, 0.2) is 12.4 Å². The average molecular weight is 278 g/mol. The van der Waals surface area contributed by atoms with Crippen LogP contribution in [0, 0.1) is 0 Å². The van der Waals surface area contributed by atoms with E-state index in [0.29, 0.717) is 0 Å². The van der Waals surface area contributed by atoms with E-state index >= 15 is 0 Å². The van der Waals surface area contributed by atoms with Crippen LogP contribution in [0.25, 0.3) is 0 Å². The van der Waals surface area contributed by atoms with Crippen LogP contribution < -0.4 is 4.90 Å². The van der Waals surface area contributed by atoms with Crippen LogP contribution in [0.5, 0.6) is 0 Å². The highest BCUT2D eigenvalue weighted by Gasteiger charge is 2.16. The number of aromatic nitrogens is 3. The van der Waals surface area contributed by atoms with E-state index in [1.165, 1.54) is 11.3 Å². The summed E-state index contributed by atoms with van der Waals surface area (Å²) in [5, 5.41) is 5.02. The Morgan fingerprint density at radius 2 is 2.26 bits per heavy atom. The molecule has 0 radical (unpaired) electrons. The molecule has 0 saturated carbocycles. The number of anilines is 1. The first-order valence-electron chi connectivity index (χ1n) is 6.15. The number of thiazole rings is 1. The summed E-state index contributed by atoms with van der Waals surface area (Å²) in [4.78, 5) is 18.4. The van der Waals surface area contributed by atoms with Gasteiger partial charge in [0, 0.05) is 32.4 Å². The van der Waals surface area contributed by atoms with Crippen molar-refractivity contribution in [1.29, 1.82) is 0 Å². The van der Waals surface area contributed by atoms with E-state index in [2.05, 4.69) is 10.1 Å². The number of carbonyl (C=O) groups excluding carboxylic acids is 1. The zero-order valence-electron chi connectivity index (χ0n) is 11.6. The third kappa shape index (κ3) is 3.01. The summed E-state index contributed by atoms with van der Waals surface area (Å²) in [6, 6.07) is 0. The van der Waals surface area contributed by atoms with Crippen LogP contribution >= 0.6 is 11.3 Å². The Labute approximate surface area is 116 Å². The van der Waals surface area contributed by atoms with E-state index in [1.54, 1.807) is 4.68 Å². The van der Waals surface area contributed by atoms with Gasteiger partial charge in [0.25, 0.3) is 0 Å². The monoisotopic (exact) mass is 278 g/mol. The Morgan fingerprint density at radius 3 is 2.74 bits per heavy atom. The number of aryl methyl sites for hydroxylation is 1. The van der Waals surface area contributed by atoms with Crippen LogP contribution in [0.1, 0.15) is 40.7 Å². The van der Waals surface area contributed by atoms with Crippen LogP contribution in [0.2, 0.25) is 0 Å². The maximum absolute atomic E-state index is 11.1. The Kier molecular flexibility index (Phi) is 3.99. The summed E-state index contributed by atoms with van der Waals surface area (Å²) >= 11 is 1.44. The van der Waals surface area contributed by atoms with E-state index in [0.717, 1.165) is 34.1 Å². The lowest BCUT2D eigenvalue weighted by Crippen LogP contribution is -2.15. The van der Waals surface area contributed by atoms with E-state index in [1.807, 2.05) is 45.2 Å². The molecule has 0 bridgehead atoms. The van der Waals surface area contributed by atoms with Gasteiger partial charge in [-0.15, -0.1) is 0 Å². The highest BCUT2D eigenvalue weighted by molar-refractivity contribution is 7.17. The summed E-state index contributed by atoms with van der Waals surface area (Å²) in [6.45, 7) is 4.83. The minimum absolute atomic E-state index is 0.261. The molecule has 0 spiro atoms. The van der Waals surface area contributed by atoms with Gasteiger partial charge in [-0.1, -0.05) is 25.2 Å². The molecule has 2 aromatic rings. The summed E-state index contributed by atoms with van der Waals surface area (Å²) in [5.74, 6) is 0.261. The van der Waals surface area contributed by atoms with Gasteiger partial charge < -0.3 is 4.90 Å². The van der Waals surface area contributed by atoms with Crippen LogP contribution in [0.4, 0.5) is 5.13 Å². The Balaban J connectivity index is 2.19. The van der Waals surface area contributed by atoms with Gasteiger partial charge in [-0.25, -0.2) is 4.98 Å². The molecule has 6 heteroatoms. The van der Waals surface area contributed by atoms with Crippen molar-refractivity contribution >= 4 is 22.8 Å². The van der Waals surface area contributed by atoms with Crippen molar-refractivity contribution < 1.29 is 4.79 Å². The lowest BCUT2D eigenvalue weighted by atomic mass is 10.1. The third-order valence-corrected chi connectivity index (χ3v) is 3.94. The van der Waals surface area contributed by atoms with Gasteiger partial charge in [0.2, 0.25) is 0 Å². The molecule has 0 atom stereocenters. The number of carbonyl (C=O) groups is 1. The summed E-state index contributed by atoms with van der Waals surface area (Å²) in [5.41, 5.74) is 2.01. The minimum Gasteiger partial charge on any atom is -0.347 e. The SMILES string of the molecule is CC(C)c1nc(N(C)Cc2cnn(C)c2)sc1C=O. The predicted molar refractivity (Wildman–Crippen MR) is 76.9 cm³/mol. The molecule has 5 nitrogen and oxygen atoms in total. The minimum atomic E-state index is 0.261. The second kappa shape index (κ2) is 5.52. The first kappa shape index (κ1) is 13.7. The van der Waals surface area contributed by atoms with Crippen LogP contribution in [-0.4, -0.2) is 28.1 Å². The fourth-order valence-electron chi connectivity index (χ4n) is 1.89. The molecule has 2 aromatic heterocycles. The van der Waals surface area contributed by atoms with Crippen LogP contribution in [0.3, 0.4) is 0 Å². The molecule has 0 aliphatic rings. The molecule has 0 aliphatic heterocycles. The second-order valence-electron chi connectivity index (χ2n) is 4.90. The maximum atomic E-state index is 11.1. The fourth-order valence-corrected chi connectivity index (χ4v) is 2.88. The number of hydrogen-bond acceptors (Lipinski definition) is 5. The zero-order valence-corrected chi connectivity index (χ0v) is 12.4. The Hall–Kier alpha value is -1.69. The molecule has 2 rings (SSSR count). The lowest BCUT2D eigenvalue weighted by molar-refractivity contribution is 0.112. The van der Waals surface area contributed by atoms with Gasteiger partial charge in [0.15, 0.2) is 11.4 Å². The van der Waals surface area contributed by atoms with Gasteiger partial charge in [-0.3, -0.25) is 9.48 Å². The molecular formula is C13H18N4OS. The molecule has 19 heavy (non-hydrogen) atoms. The molecule has 0 aliphatic carbocycles.